The molecule has 0 amide bonds. The maximum absolute atomic E-state index is 11.8. The Balaban J connectivity index is 2.10. The standard InChI is InChI=1S/C15H15NO3/c1-10-8-16-13(11(2)14(10)17)9-19-15(18)12-6-4-3-5-7-12/h3-8H,9H2,1-2H3,(H,16,17). The number of aromatic amines is 1. The Morgan fingerprint density at radius 1 is 1.21 bits per heavy atom. The van der Waals surface area contributed by atoms with E-state index in [0.717, 1.165) is 0 Å². The van der Waals surface area contributed by atoms with Crippen molar-refractivity contribution in [2.45, 2.75) is 20.5 Å². The fraction of sp³-hybridized carbons (Fsp3) is 0.200. The van der Waals surface area contributed by atoms with E-state index in [2.05, 4.69) is 4.98 Å². The second kappa shape index (κ2) is 5.52. The zero-order chi connectivity index (χ0) is 13.8. The molecule has 1 heterocycles. The molecule has 0 fully saturated rings. The van der Waals surface area contributed by atoms with E-state index in [9.17, 15) is 9.59 Å². The molecule has 1 aromatic carbocycles. The van der Waals surface area contributed by atoms with Crippen molar-refractivity contribution in [1.29, 1.82) is 0 Å². The summed E-state index contributed by atoms with van der Waals surface area (Å²) < 4.78 is 5.18. The third-order valence-electron chi connectivity index (χ3n) is 2.97. The van der Waals surface area contributed by atoms with Gasteiger partial charge in [0.05, 0.1) is 11.3 Å². The number of rotatable bonds is 3. The van der Waals surface area contributed by atoms with E-state index in [1.807, 2.05) is 6.07 Å². The number of carbonyl (C=O) groups is 1. The van der Waals surface area contributed by atoms with E-state index in [1.165, 1.54) is 0 Å². The zero-order valence-electron chi connectivity index (χ0n) is 10.9. The molecule has 0 aliphatic rings. The van der Waals surface area contributed by atoms with Gasteiger partial charge in [-0.3, -0.25) is 4.79 Å². The summed E-state index contributed by atoms with van der Waals surface area (Å²) in [4.78, 5) is 26.5. The molecule has 98 valence electrons. The number of H-pyrrole nitrogens is 1. The van der Waals surface area contributed by atoms with Gasteiger partial charge in [-0.05, 0) is 26.0 Å². The summed E-state index contributed by atoms with van der Waals surface area (Å²) in [6.07, 6.45) is 1.63. The van der Waals surface area contributed by atoms with E-state index in [4.69, 9.17) is 4.74 Å². The van der Waals surface area contributed by atoms with Crippen LogP contribution in [0, 0.1) is 13.8 Å². The molecular formula is C15H15NO3. The molecule has 0 radical (unpaired) electrons. The van der Waals surface area contributed by atoms with Crippen LogP contribution in [0.5, 0.6) is 0 Å². The van der Waals surface area contributed by atoms with Crippen LogP contribution in [0.3, 0.4) is 0 Å². The Morgan fingerprint density at radius 3 is 2.58 bits per heavy atom. The number of pyridine rings is 1. The van der Waals surface area contributed by atoms with E-state index in [0.29, 0.717) is 22.4 Å². The molecule has 4 heteroatoms. The molecule has 0 spiro atoms. The monoisotopic (exact) mass is 257 g/mol. The molecule has 0 bridgehead atoms. The van der Waals surface area contributed by atoms with Crippen LogP contribution in [0.1, 0.15) is 27.2 Å². The maximum atomic E-state index is 11.8. The molecule has 0 unspecified atom stereocenters. The molecule has 1 N–H and O–H groups in total. The van der Waals surface area contributed by atoms with Crippen LogP contribution < -0.4 is 5.43 Å². The summed E-state index contributed by atoms with van der Waals surface area (Å²) in [6.45, 7) is 3.53. The lowest BCUT2D eigenvalue weighted by atomic mass is 10.1. The van der Waals surface area contributed by atoms with Crippen molar-refractivity contribution in [3.8, 4) is 0 Å². The lowest BCUT2D eigenvalue weighted by molar-refractivity contribution is 0.0467. The predicted molar refractivity (Wildman–Crippen MR) is 72.1 cm³/mol. The van der Waals surface area contributed by atoms with E-state index in [-0.39, 0.29) is 12.0 Å². The van der Waals surface area contributed by atoms with Gasteiger partial charge in [0.2, 0.25) is 0 Å². The Labute approximate surface area is 111 Å². The molecule has 19 heavy (non-hydrogen) atoms. The highest BCUT2D eigenvalue weighted by molar-refractivity contribution is 5.89. The number of benzene rings is 1. The van der Waals surface area contributed by atoms with Gasteiger partial charge in [0, 0.05) is 17.3 Å². The van der Waals surface area contributed by atoms with Gasteiger partial charge in [0.1, 0.15) is 6.61 Å². The van der Waals surface area contributed by atoms with Gasteiger partial charge in [-0.15, -0.1) is 0 Å². The highest BCUT2D eigenvalue weighted by Gasteiger charge is 2.09. The average molecular weight is 257 g/mol. The normalized spacial score (nSPS) is 10.2. The minimum Gasteiger partial charge on any atom is -0.456 e. The van der Waals surface area contributed by atoms with Gasteiger partial charge in [-0.2, -0.15) is 0 Å². The lowest BCUT2D eigenvalue weighted by Gasteiger charge is -2.08. The smallest absolute Gasteiger partial charge is 0.338 e. The number of nitrogens with one attached hydrogen (secondary N) is 1. The summed E-state index contributed by atoms with van der Waals surface area (Å²) >= 11 is 0. The van der Waals surface area contributed by atoms with E-state index >= 15 is 0 Å². The molecule has 0 aliphatic heterocycles. The number of aromatic nitrogens is 1. The average Bonchev–Trinajstić information content (AvgIpc) is 2.45. The molecule has 0 saturated heterocycles. The number of hydrogen-bond acceptors (Lipinski definition) is 3. The molecule has 0 aliphatic carbocycles. The first-order valence-electron chi connectivity index (χ1n) is 5.99. The van der Waals surface area contributed by atoms with Crippen LogP contribution in [0.25, 0.3) is 0 Å². The fourth-order valence-corrected chi connectivity index (χ4v) is 1.75. The summed E-state index contributed by atoms with van der Waals surface area (Å²) in [7, 11) is 0. The van der Waals surface area contributed by atoms with Gasteiger partial charge < -0.3 is 9.72 Å². The van der Waals surface area contributed by atoms with Crippen molar-refractivity contribution in [3.63, 3.8) is 0 Å². The molecule has 2 aromatic rings. The van der Waals surface area contributed by atoms with Gasteiger partial charge in [0.25, 0.3) is 0 Å². The molecule has 4 nitrogen and oxygen atoms in total. The van der Waals surface area contributed by atoms with E-state index < -0.39 is 5.97 Å². The first-order chi connectivity index (χ1) is 9.09. The number of esters is 1. The van der Waals surface area contributed by atoms with Crippen molar-refractivity contribution < 1.29 is 9.53 Å². The van der Waals surface area contributed by atoms with Crippen molar-refractivity contribution in [2.24, 2.45) is 0 Å². The number of ether oxygens (including phenoxy) is 1. The highest BCUT2D eigenvalue weighted by atomic mass is 16.5. The van der Waals surface area contributed by atoms with Crippen LogP contribution in [0.15, 0.2) is 41.3 Å². The van der Waals surface area contributed by atoms with Crippen LogP contribution >= 0.6 is 0 Å². The Hall–Kier alpha value is -2.36. The van der Waals surface area contributed by atoms with Crippen molar-refractivity contribution in [2.75, 3.05) is 0 Å². The summed E-state index contributed by atoms with van der Waals surface area (Å²) in [6, 6.07) is 8.75. The predicted octanol–water partition coefficient (Wildman–Crippen LogP) is 2.35. The third-order valence-corrected chi connectivity index (χ3v) is 2.97. The fourth-order valence-electron chi connectivity index (χ4n) is 1.75. The van der Waals surface area contributed by atoms with Gasteiger partial charge >= 0.3 is 5.97 Å². The van der Waals surface area contributed by atoms with Gasteiger partial charge in [0.15, 0.2) is 5.43 Å². The summed E-state index contributed by atoms with van der Waals surface area (Å²) in [5.41, 5.74) is 2.33. The Morgan fingerprint density at radius 2 is 1.89 bits per heavy atom. The Bertz CT molecular complexity index is 644. The van der Waals surface area contributed by atoms with Crippen molar-refractivity contribution >= 4 is 5.97 Å². The Kier molecular flexibility index (Phi) is 3.80. The lowest BCUT2D eigenvalue weighted by Crippen LogP contribution is -2.15. The topological polar surface area (TPSA) is 59.2 Å². The van der Waals surface area contributed by atoms with E-state index in [1.54, 1.807) is 44.3 Å². The quantitative estimate of drug-likeness (QED) is 0.859. The largest absolute Gasteiger partial charge is 0.456 e. The molecule has 1 aromatic heterocycles. The molecular weight excluding hydrogens is 242 g/mol. The zero-order valence-corrected chi connectivity index (χ0v) is 10.9. The molecule has 0 saturated carbocycles. The summed E-state index contributed by atoms with van der Waals surface area (Å²) in [5.74, 6) is -0.401. The van der Waals surface area contributed by atoms with Crippen LogP contribution in [-0.2, 0) is 11.3 Å². The first-order valence-corrected chi connectivity index (χ1v) is 5.99. The SMILES string of the molecule is Cc1c[nH]c(COC(=O)c2ccccc2)c(C)c1=O. The molecule has 2 rings (SSSR count). The second-order valence-corrected chi connectivity index (χ2v) is 4.35. The maximum Gasteiger partial charge on any atom is 0.338 e. The summed E-state index contributed by atoms with van der Waals surface area (Å²) in [5, 5.41) is 0. The minimum atomic E-state index is -0.401. The number of hydrogen-bond donors (Lipinski definition) is 1. The van der Waals surface area contributed by atoms with Gasteiger partial charge in [-0.1, -0.05) is 18.2 Å². The van der Waals surface area contributed by atoms with Crippen LogP contribution in [-0.4, -0.2) is 11.0 Å². The third kappa shape index (κ3) is 2.91. The highest BCUT2D eigenvalue weighted by Crippen LogP contribution is 2.06. The van der Waals surface area contributed by atoms with Gasteiger partial charge in [-0.25, -0.2) is 4.79 Å². The second-order valence-electron chi connectivity index (χ2n) is 4.35. The molecule has 0 atom stereocenters. The van der Waals surface area contributed by atoms with Crippen LogP contribution in [0.4, 0.5) is 0 Å². The number of carbonyl (C=O) groups excluding carboxylic acids is 1. The van der Waals surface area contributed by atoms with Crippen molar-refractivity contribution in [3.05, 3.63) is 69.1 Å². The number of aryl methyl sites for hydroxylation is 1. The van der Waals surface area contributed by atoms with Crippen LogP contribution in [0.2, 0.25) is 0 Å². The minimum absolute atomic E-state index is 0.0236. The van der Waals surface area contributed by atoms with Crippen molar-refractivity contribution in [1.82, 2.24) is 4.98 Å². The first kappa shape index (κ1) is 13.1.